The lowest BCUT2D eigenvalue weighted by Crippen LogP contribution is -2.21. The summed E-state index contributed by atoms with van der Waals surface area (Å²) in [6.45, 7) is 11.5. The zero-order valence-electron chi connectivity index (χ0n) is 25.5. The van der Waals surface area contributed by atoms with Crippen molar-refractivity contribution in [3.05, 3.63) is 35.4 Å². The van der Waals surface area contributed by atoms with Gasteiger partial charge in [0.2, 0.25) is 0 Å². The first-order valence-electron chi connectivity index (χ1n) is 15.5. The molecule has 0 atom stereocenters. The normalized spacial score (nSPS) is 11.3. The summed E-state index contributed by atoms with van der Waals surface area (Å²) >= 11 is 0. The molecule has 8 heteroatoms. The highest BCUT2D eigenvalue weighted by Crippen LogP contribution is 2.15. The fourth-order valence-corrected chi connectivity index (χ4v) is 3.69. The van der Waals surface area contributed by atoms with Gasteiger partial charge in [0.1, 0.15) is 0 Å². The van der Waals surface area contributed by atoms with Crippen molar-refractivity contribution >= 4 is 11.9 Å². The number of unbranched alkanes of at least 4 members (excludes halogenated alkanes) is 4. The van der Waals surface area contributed by atoms with Gasteiger partial charge in [0, 0.05) is 39.3 Å². The van der Waals surface area contributed by atoms with E-state index in [1.807, 2.05) is 0 Å². The van der Waals surface area contributed by atoms with Gasteiger partial charge in [0.15, 0.2) is 12.6 Å². The van der Waals surface area contributed by atoms with Crippen LogP contribution in [0, 0.1) is 0 Å². The zero-order chi connectivity index (χ0) is 29.3. The first-order chi connectivity index (χ1) is 19.6. The molecule has 0 saturated heterocycles. The third-order valence-corrected chi connectivity index (χ3v) is 6.21. The van der Waals surface area contributed by atoms with E-state index in [0.717, 1.165) is 51.4 Å². The standard InChI is InChI=1S/C32H54O8/c1-5-9-21-35-29(36-22-10-6-2)19-15-25-39-31(33)27-17-13-14-18-28(27)32(34)40-26-16-20-30(37-23-11-7-3)38-24-12-8-4/h13-14,17-18,29-30H,5-12,15-16,19-26H2,1-4H3. The SMILES string of the molecule is CCCCOC(CCCOC(=O)c1ccccc1C(=O)OCCCC(OCCCC)OCCCC)OCCCC. The van der Waals surface area contributed by atoms with Crippen molar-refractivity contribution < 1.29 is 38.0 Å². The van der Waals surface area contributed by atoms with Gasteiger partial charge in [-0.15, -0.1) is 0 Å². The molecule has 0 saturated carbocycles. The predicted molar refractivity (Wildman–Crippen MR) is 156 cm³/mol. The van der Waals surface area contributed by atoms with Gasteiger partial charge in [-0.3, -0.25) is 0 Å². The van der Waals surface area contributed by atoms with Gasteiger partial charge >= 0.3 is 11.9 Å². The molecule has 0 N–H and O–H groups in total. The molecule has 0 aliphatic heterocycles. The second kappa shape index (κ2) is 24.8. The van der Waals surface area contributed by atoms with Gasteiger partial charge in [0.05, 0.1) is 24.3 Å². The van der Waals surface area contributed by atoms with Crippen molar-refractivity contribution in [3.8, 4) is 0 Å². The van der Waals surface area contributed by atoms with Crippen LogP contribution in [0.2, 0.25) is 0 Å². The van der Waals surface area contributed by atoms with Gasteiger partial charge < -0.3 is 28.4 Å². The minimum absolute atomic E-state index is 0.200. The van der Waals surface area contributed by atoms with Crippen LogP contribution in [0.3, 0.4) is 0 Å². The minimum Gasteiger partial charge on any atom is -0.462 e. The Morgan fingerprint density at radius 3 is 1.15 bits per heavy atom. The summed E-state index contributed by atoms with van der Waals surface area (Å²) in [7, 11) is 0. The first-order valence-corrected chi connectivity index (χ1v) is 15.5. The minimum atomic E-state index is -0.545. The zero-order valence-corrected chi connectivity index (χ0v) is 25.5. The molecule has 1 rings (SSSR count). The molecular weight excluding hydrogens is 512 g/mol. The number of esters is 2. The lowest BCUT2D eigenvalue weighted by molar-refractivity contribution is -0.148. The Kier molecular flexibility index (Phi) is 22.3. The average Bonchev–Trinajstić information content (AvgIpc) is 2.97. The van der Waals surface area contributed by atoms with E-state index in [-0.39, 0.29) is 36.9 Å². The Balaban J connectivity index is 2.51. The highest BCUT2D eigenvalue weighted by molar-refractivity contribution is 6.03. The van der Waals surface area contributed by atoms with Gasteiger partial charge in [-0.2, -0.15) is 0 Å². The molecule has 230 valence electrons. The summed E-state index contributed by atoms with van der Waals surface area (Å²) in [5.74, 6) is -1.09. The second-order valence-electron chi connectivity index (χ2n) is 9.86. The van der Waals surface area contributed by atoms with E-state index in [2.05, 4.69) is 27.7 Å². The van der Waals surface area contributed by atoms with Crippen LogP contribution in [0.25, 0.3) is 0 Å². The van der Waals surface area contributed by atoms with Crippen LogP contribution in [0.5, 0.6) is 0 Å². The number of hydrogen-bond acceptors (Lipinski definition) is 8. The third-order valence-electron chi connectivity index (χ3n) is 6.21. The summed E-state index contributed by atoms with van der Waals surface area (Å²) in [5.41, 5.74) is 0.400. The van der Waals surface area contributed by atoms with Crippen LogP contribution in [-0.2, 0) is 28.4 Å². The molecule has 0 heterocycles. The van der Waals surface area contributed by atoms with Crippen LogP contribution in [0.4, 0.5) is 0 Å². The number of hydrogen-bond donors (Lipinski definition) is 0. The fourth-order valence-electron chi connectivity index (χ4n) is 3.69. The Morgan fingerprint density at radius 2 is 0.850 bits per heavy atom. The van der Waals surface area contributed by atoms with Gasteiger partial charge in [-0.05, 0) is 50.7 Å². The van der Waals surface area contributed by atoms with Crippen LogP contribution < -0.4 is 0 Å². The van der Waals surface area contributed by atoms with Crippen LogP contribution in [0.15, 0.2) is 24.3 Å². The first kappa shape index (κ1) is 36.0. The molecule has 0 aliphatic carbocycles. The summed E-state index contributed by atoms with van der Waals surface area (Å²) in [5, 5.41) is 0. The lowest BCUT2D eigenvalue weighted by Gasteiger charge is -2.19. The van der Waals surface area contributed by atoms with Crippen molar-refractivity contribution in [3.63, 3.8) is 0 Å². The molecule has 0 unspecified atom stereocenters. The third kappa shape index (κ3) is 17.0. The lowest BCUT2D eigenvalue weighted by atomic mass is 10.1. The highest BCUT2D eigenvalue weighted by atomic mass is 16.7. The van der Waals surface area contributed by atoms with E-state index in [4.69, 9.17) is 28.4 Å². The molecule has 0 radical (unpaired) electrons. The number of rotatable bonds is 26. The van der Waals surface area contributed by atoms with Crippen molar-refractivity contribution in [2.75, 3.05) is 39.6 Å². The van der Waals surface area contributed by atoms with E-state index < -0.39 is 11.9 Å². The molecule has 1 aromatic carbocycles. The number of ether oxygens (including phenoxy) is 6. The summed E-state index contributed by atoms with van der Waals surface area (Å²) in [6.07, 6.45) is 10.0. The molecule has 0 fully saturated rings. The van der Waals surface area contributed by atoms with Crippen LogP contribution in [0.1, 0.15) is 125 Å². The van der Waals surface area contributed by atoms with E-state index in [0.29, 0.717) is 52.1 Å². The summed E-state index contributed by atoms with van der Waals surface area (Å²) < 4.78 is 34.3. The van der Waals surface area contributed by atoms with Crippen molar-refractivity contribution in [2.45, 2.75) is 117 Å². The highest BCUT2D eigenvalue weighted by Gasteiger charge is 2.20. The Morgan fingerprint density at radius 1 is 0.525 bits per heavy atom. The number of benzene rings is 1. The monoisotopic (exact) mass is 566 g/mol. The predicted octanol–water partition coefficient (Wildman–Crippen LogP) is 7.48. The molecule has 0 aromatic heterocycles. The molecule has 0 aliphatic rings. The molecule has 0 spiro atoms. The molecule has 1 aromatic rings. The largest absolute Gasteiger partial charge is 0.462 e. The average molecular weight is 567 g/mol. The van der Waals surface area contributed by atoms with Crippen LogP contribution >= 0.6 is 0 Å². The molecule has 0 bridgehead atoms. The Hall–Kier alpha value is -2.00. The summed E-state index contributed by atoms with van der Waals surface area (Å²) in [6, 6.07) is 6.59. The van der Waals surface area contributed by atoms with Crippen molar-refractivity contribution in [1.82, 2.24) is 0 Å². The fraction of sp³-hybridized carbons (Fsp3) is 0.750. The second-order valence-corrected chi connectivity index (χ2v) is 9.86. The van der Waals surface area contributed by atoms with Gasteiger partial charge in [-0.1, -0.05) is 65.5 Å². The molecule has 0 amide bonds. The van der Waals surface area contributed by atoms with E-state index in [9.17, 15) is 9.59 Å². The van der Waals surface area contributed by atoms with Crippen LogP contribution in [-0.4, -0.2) is 64.2 Å². The molecular formula is C32H54O8. The van der Waals surface area contributed by atoms with Gasteiger partial charge in [0.25, 0.3) is 0 Å². The molecule has 40 heavy (non-hydrogen) atoms. The maximum Gasteiger partial charge on any atom is 0.339 e. The number of carbonyl (C=O) groups is 2. The Bertz CT molecular complexity index is 686. The maximum absolute atomic E-state index is 12.8. The quantitative estimate of drug-likeness (QED) is 0.0648. The van der Waals surface area contributed by atoms with E-state index in [1.54, 1.807) is 24.3 Å². The van der Waals surface area contributed by atoms with E-state index in [1.165, 1.54) is 0 Å². The van der Waals surface area contributed by atoms with Crippen molar-refractivity contribution in [2.24, 2.45) is 0 Å². The smallest absolute Gasteiger partial charge is 0.339 e. The summed E-state index contributed by atoms with van der Waals surface area (Å²) in [4.78, 5) is 25.6. The van der Waals surface area contributed by atoms with Gasteiger partial charge in [-0.25, -0.2) is 9.59 Å². The maximum atomic E-state index is 12.8. The van der Waals surface area contributed by atoms with Crippen molar-refractivity contribution in [1.29, 1.82) is 0 Å². The topological polar surface area (TPSA) is 89.5 Å². The Labute approximate surface area is 242 Å². The van der Waals surface area contributed by atoms with E-state index >= 15 is 0 Å². The molecule has 8 nitrogen and oxygen atoms in total. The number of carbonyl (C=O) groups excluding carboxylic acids is 2.